The van der Waals surface area contributed by atoms with E-state index < -0.39 is 5.97 Å². The van der Waals surface area contributed by atoms with Crippen molar-refractivity contribution in [2.45, 2.75) is 26.2 Å². The van der Waals surface area contributed by atoms with E-state index in [-0.39, 0.29) is 6.42 Å². The molecule has 0 saturated heterocycles. The van der Waals surface area contributed by atoms with E-state index >= 15 is 0 Å². The number of nitroso groups, excluding NO2 is 1. The Hall–Kier alpha value is -1.13. The lowest BCUT2D eigenvalue weighted by atomic mass is 10.3. The lowest BCUT2D eigenvalue weighted by Crippen LogP contribution is -2.19. The Morgan fingerprint density at radius 3 is 2.58 bits per heavy atom. The molecule has 0 atom stereocenters. The van der Waals surface area contributed by atoms with E-state index in [9.17, 15) is 9.70 Å². The molecule has 0 unspecified atom stereocenters. The summed E-state index contributed by atoms with van der Waals surface area (Å²) in [6.07, 6.45) is 1.41. The largest absolute Gasteiger partial charge is 0.481 e. The number of rotatable bonds is 7. The molecule has 0 aliphatic heterocycles. The molecule has 0 aromatic heterocycles. The molecule has 0 spiro atoms. The van der Waals surface area contributed by atoms with Crippen LogP contribution in [0, 0.1) is 4.91 Å². The van der Waals surface area contributed by atoms with Crippen molar-refractivity contribution >= 4 is 5.97 Å². The zero-order valence-electron chi connectivity index (χ0n) is 7.19. The van der Waals surface area contributed by atoms with Crippen molar-refractivity contribution < 1.29 is 9.90 Å². The Morgan fingerprint density at radius 2 is 2.17 bits per heavy atom. The Labute approximate surface area is 71.3 Å². The molecule has 0 aromatic carbocycles. The fourth-order valence-corrected chi connectivity index (χ4v) is 0.864. The van der Waals surface area contributed by atoms with E-state index in [0.29, 0.717) is 19.5 Å². The highest BCUT2D eigenvalue weighted by atomic mass is 16.4. The predicted octanol–water partition coefficient (Wildman–Crippen LogP) is 1.24. The molecular weight excluding hydrogens is 160 g/mol. The number of hydrogen-bond donors (Lipinski definition) is 1. The number of carboxylic acids is 1. The molecule has 5 nitrogen and oxygen atoms in total. The number of aliphatic carboxylic acids is 1. The van der Waals surface area contributed by atoms with Crippen molar-refractivity contribution in [3.63, 3.8) is 0 Å². The Morgan fingerprint density at radius 1 is 1.50 bits per heavy atom. The normalized spacial score (nSPS) is 9.42. The number of carboxylic acid groups (broad SMARTS) is 1. The molecule has 0 rings (SSSR count). The molecule has 0 fully saturated rings. The van der Waals surface area contributed by atoms with Crippen LogP contribution in [0.5, 0.6) is 0 Å². The summed E-state index contributed by atoms with van der Waals surface area (Å²) < 4.78 is 0. The minimum absolute atomic E-state index is 0.0930. The molecule has 0 aliphatic rings. The van der Waals surface area contributed by atoms with Gasteiger partial charge < -0.3 is 5.11 Å². The first-order chi connectivity index (χ1) is 5.70. The van der Waals surface area contributed by atoms with Crippen LogP contribution in [0.2, 0.25) is 0 Å². The summed E-state index contributed by atoms with van der Waals surface area (Å²) in [6.45, 7) is 2.97. The third kappa shape index (κ3) is 5.64. The van der Waals surface area contributed by atoms with Gasteiger partial charge in [0.2, 0.25) is 0 Å². The van der Waals surface area contributed by atoms with Crippen LogP contribution < -0.4 is 0 Å². The van der Waals surface area contributed by atoms with Crippen molar-refractivity contribution in [1.29, 1.82) is 0 Å². The maximum absolute atomic E-state index is 10.1. The second-order valence-corrected chi connectivity index (χ2v) is 2.53. The third-order valence-corrected chi connectivity index (χ3v) is 1.40. The summed E-state index contributed by atoms with van der Waals surface area (Å²) >= 11 is 0. The van der Waals surface area contributed by atoms with E-state index in [2.05, 4.69) is 5.29 Å². The van der Waals surface area contributed by atoms with Gasteiger partial charge in [-0.3, -0.25) is 9.80 Å². The molecule has 0 bridgehead atoms. The number of nitrogens with zero attached hydrogens (tertiary/aromatic N) is 2. The minimum atomic E-state index is -0.836. The Kier molecular flexibility index (Phi) is 5.95. The second-order valence-electron chi connectivity index (χ2n) is 2.53. The molecule has 0 radical (unpaired) electrons. The first kappa shape index (κ1) is 10.9. The summed E-state index contributed by atoms with van der Waals surface area (Å²) in [5.41, 5.74) is 0. The van der Waals surface area contributed by atoms with Gasteiger partial charge in [-0.1, -0.05) is 6.92 Å². The standard InChI is InChI=1S/C7H14N2O3/c1-2-5-9(8-12)6-3-4-7(10)11/h2-6H2,1H3,(H,10,11). The van der Waals surface area contributed by atoms with E-state index in [0.717, 1.165) is 6.42 Å². The van der Waals surface area contributed by atoms with Gasteiger partial charge in [-0.2, -0.15) is 0 Å². The highest BCUT2D eigenvalue weighted by Gasteiger charge is 2.02. The van der Waals surface area contributed by atoms with Gasteiger partial charge in [-0.15, -0.1) is 4.91 Å². The first-order valence-corrected chi connectivity index (χ1v) is 4.00. The fraction of sp³-hybridized carbons (Fsp3) is 0.857. The van der Waals surface area contributed by atoms with Crippen LogP contribution in [-0.2, 0) is 4.79 Å². The van der Waals surface area contributed by atoms with Gasteiger partial charge in [-0.05, 0) is 12.8 Å². The highest BCUT2D eigenvalue weighted by Crippen LogP contribution is 1.97. The summed E-state index contributed by atoms with van der Waals surface area (Å²) in [4.78, 5) is 20.2. The van der Waals surface area contributed by atoms with Crippen molar-refractivity contribution in [3.05, 3.63) is 4.91 Å². The van der Waals surface area contributed by atoms with Crippen LogP contribution in [-0.4, -0.2) is 29.2 Å². The van der Waals surface area contributed by atoms with Crippen molar-refractivity contribution in [2.24, 2.45) is 5.29 Å². The molecule has 1 N–H and O–H groups in total. The lowest BCUT2D eigenvalue weighted by molar-refractivity contribution is -0.137. The summed E-state index contributed by atoms with van der Waals surface area (Å²) in [5.74, 6) is -0.836. The second kappa shape index (κ2) is 6.57. The first-order valence-electron chi connectivity index (χ1n) is 4.00. The van der Waals surface area contributed by atoms with Crippen LogP contribution >= 0.6 is 0 Å². The quantitative estimate of drug-likeness (QED) is 0.465. The van der Waals surface area contributed by atoms with Crippen LogP contribution in [0.25, 0.3) is 0 Å². The molecule has 0 amide bonds. The van der Waals surface area contributed by atoms with Gasteiger partial charge in [0.15, 0.2) is 0 Å². The molecule has 0 heterocycles. The van der Waals surface area contributed by atoms with Gasteiger partial charge in [0.25, 0.3) is 0 Å². The Balaban J connectivity index is 3.44. The number of hydrogen-bond acceptors (Lipinski definition) is 3. The molecule has 70 valence electrons. The summed E-state index contributed by atoms with van der Waals surface area (Å²) in [7, 11) is 0. The predicted molar refractivity (Wildman–Crippen MR) is 44.5 cm³/mol. The van der Waals surface area contributed by atoms with Gasteiger partial charge in [0.1, 0.15) is 0 Å². The maximum Gasteiger partial charge on any atom is 0.303 e. The average molecular weight is 174 g/mol. The lowest BCUT2D eigenvalue weighted by Gasteiger charge is -2.12. The maximum atomic E-state index is 10.1. The smallest absolute Gasteiger partial charge is 0.303 e. The molecule has 0 saturated carbocycles. The summed E-state index contributed by atoms with van der Waals surface area (Å²) in [5, 5.41) is 12.4. The van der Waals surface area contributed by atoms with Crippen molar-refractivity contribution in [3.8, 4) is 0 Å². The van der Waals surface area contributed by atoms with E-state index in [1.807, 2.05) is 6.92 Å². The van der Waals surface area contributed by atoms with Crippen molar-refractivity contribution in [1.82, 2.24) is 5.01 Å². The Bertz CT molecular complexity index is 150. The van der Waals surface area contributed by atoms with E-state index in [1.165, 1.54) is 5.01 Å². The zero-order chi connectivity index (χ0) is 9.40. The van der Waals surface area contributed by atoms with Crippen LogP contribution in [0.15, 0.2) is 5.29 Å². The van der Waals surface area contributed by atoms with Crippen LogP contribution in [0.3, 0.4) is 0 Å². The van der Waals surface area contributed by atoms with Crippen LogP contribution in [0.1, 0.15) is 26.2 Å². The van der Waals surface area contributed by atoms with E-state index in [4.69, 9.17) is 5.11 Å². The molecule has 0 aromatic rings. The number of carbonyl (C=O) groups is 1. The SMILES string of the molecule is CCCN(CCCC(=O)O)N=O. The van der Waals surface area contributed by atoms with Gasteiger partial charge in [0.05, 0.1) is 5.29 Å². The van der Waals surface area contributed by atoms with Gasteiger partial charge in [0, 0.05) is 19.5 Å². The van der Waals surface area contributed by atoms with E-state index in [1.54, 1.807) is 0 Å². The molecule has 12 heavy (non-hydrogen) atoms. The van der Waals surface area contributed by atoms with Crippen LogP contribution in [0.4, 0.5) is 0 Å². The fourth-order valence-electron chi connectivity index (χ4n) is 0.864. The van der Waals surface area contributed by atoms with Gasteiger partial charge >= 0.3 is 5.97 Å². The zero-order valence-corrected chi connectivity index (χ0v) is 7.19. The average Bonchev–Trinajstić information content (AvgIpc) is 2.02. The third-order valence-electron chi connectivity index (χ3n) is 1.40. The monoisotopic (exact) mass is 174 g/mol. The minimum Gasteiger partial charge on any atom is -0.481 e. The molecular formula is C7H14N2O3. The molecule has 5 heteroatoms. The summed E-state index contributed by atoms with van der Waals surface area (Å²) in [6, 6.07) is 0. The molecule has 0 aliphatic carbocycles. The highest BCUT2D eigenvalue weighted by molar-refractivity contribution is 5.66. The van der Waals surface area contributed by atoms with Gasteiger partial charge in [-0.25, -0.2) is 0 Å². The topological polar surface area (TPSA) is 70.0 Å². The van der Waals surface area contributed by atoms with Crippen molar-refractivity contribution in [2.75, 3.05) is 13.1 Å².